The largest absolute Gasteiger partial charge is 0.468 e. The van der Waals surface area contributed by atoms with E-state index in [0.717, 1.165) is 15.6 Å². The Bertz CT molecular complexity index is 1030. The molecular formula is C23H20BrClN2O3. The van der Waals surface area contributed by atoms with Gasteiger partial charge in [0.2, 0.25) is 0 Å². The summed E-state index contributed by atoms with van der Waals surface area (Å²) in [6, 6.07) is 21.6. The normalized spacial score (nSPS) is 11.6. The minimum atomic E-state index is -0.377. The summed E-state index contributed by atoms with van der Waals surface area (Å²) in [6.45, 7) is 0.0210. The van der Waals surface area contributed by atoms with Gasteiger partial charge in [-0.1, -0.05) is 57.9 Å². The van der Waals surface area contributed by atoms with Gasteiger partial charge >= 0.3 is 5.97 Å². The van der Waals surface area contributed by atoms with Gasteiger partial charge in [0.05, 0.1) is 19.7 Å². The number of nitrogens with one attached hydrogen (secondary N) is 2. The van der Waals surface area contributed by atoms with Crippen molar-refractivity contribution in [3.8, 4) is 0 Å². The van der Waals surface area contributed by atoms with Gasteiger partial charge in [0.25, 0.3) is 5.91 Å². The maximum Gasteiger partial charge on any atom is 0.319 e. The van der Waals surface area contributed by atoms with Crippen LogP contribution in [0.4, 0.5) is 5.69 Å². The molecule has 0 bridgehead atoms. The first kappa shape index (κ1) is 22.0. The van der Waals surface area contributed by atoms with Gasteiger partial charge in [-0.05, 0) is 53.6 Å². The van der Waals surface area contributed by atoms with Gasteiger partial charge in [-0.25, -0.2) is 0 Å². The molecule has 0 radical (unpaired) electrons. The fraction of sp³-hybridized carbons (Fsp3) is 0.130. The summed E-state index contributed by atoms with van der Waals surface area (Å²) < 4.78 is 5.62. The second kappa shape index (κ2) is 10.4. The van der Waals surface area contributed by atoms with Crippen LogP contribution in [0.5, 0.6) is 0 Å². The van der Waals surface area contributed by atoms with Gasteiger partial charge in [0, 0.05) is 20.7 Å². The first-order valence-corrected chi connectivity index (χ1v) is 10.4. The van der Waals surface area contributed by atoms with Crippen molar-refractivity contribution in [2.75, 3.05) is 19.0 Å². The lowest BCUT2D eigenvalue weighted by atomic mass is 9.96. The molecule has 0 saturated heterocycles. The Kier molecular flexibility index (Phi) is 7.63. The molecule has 3 rings (SSSR count). The molecule has 0 aliphatic heterocycles. The molecule has 0 aromatic heterocycles. The Morgan fingerprint density at radius 3 is 2.40 bits per heavy atom. The van der Waals surface area contributed by atoms with Crippen LogP contribution in [-0.4, -0.2) is 25.5 Å². The second-order valence-corrected chi connectivity index (χ2v) is 7.85. The van der Waals surface area contributed by atoms with Crippen molar-refractivity contribution >= 4 is 45.1 Å². The molecule has 0 saturated carbocycles. The molecule has 3 aromatic rings. The summed E-state index contributed by atoms with van der Waals surface area (Å²) in [7, 11) is 1.35. The van der Waals surface area contributed by atoms with Crippen LogP contribution in [0.1, 0.15) is 27.5 Å². The van der Waals surface area contributed by atoms with Crippen molar-refractivity contribution in [2.24, 2.45) is 0 Å². The molecule has 7 heteroatoms. The topological polar surface area (TPSA) is 67.4 Å². The van der Waals surface area contributed by atoms with Crippen molar-refractivity contribution < 1.29 is 14.3 Å². The Hall–Kier alpha value is -2.67. The molecule has 0 heterocycles. The fourth-order valence-corrected chi connectivity index (χ4v) is 3.50. The van der Waals surface area contributed by atoms with Crippen LogP contribution in [0, 0.1) is 0 Å². The van der Waals surface area contributed by atoms with Crippen LogP contribution >= 0.6 is 27.5 Å². The summed E-state index contributed by atoms with van der Waals surface area (Å²) >= 11 is 9.42. The highest BCUT2D eigenvalue weighted by Crippen LogP contribution is 2.31. The lowest BCUT2D eigenvalue weighted by Crippen LogP contribution is -2.30. The van der Waals surface area contributed by atoms with Crippen molar-refractivity contribution in [1.82, 2.24) is 5.32 Å². The Morgan fingerprint density at radius 2 is 1.73 bits per heavy atom. The quantitative estimate of drug-likeness (QED) is 0.449. The van der Waals surface area contributed by atoms with Crippen LogP contribution in [0.2, 0.25) is 5.02 Å². The predicted octanol–water partition coefficient (Wildman–Crippen LogP) is 5.21. The summed E-state index contributed by atoms with van der Waals surface area (Å²) in [5.74, 6) is -0.632. The minimum absolute atomic E-state index is 0.0210. The lowest BCUT2D eigenvalue weighted by molar-refractivity contribution is -0.139. The molecule has 30 heavy (non-hydrogen) atoms. The molecule has 5 nitrogen and oxygen atoms in total. The molecule has 154 valence electrons. The number of methoxy groups -OCH3 is 1. The zero-order valence-electron chi connectivity index (χ0n) is 16.2. The van der Waals surface area contributed by atoms with Gasteiger partial charge in [0.1, 0.15) is 0 Å². The average molecular weight is 488 g/mol. The van der Waals surface area contributed by atoms with E-state index in [9.17, 15) is 9.59 Å². The summed E-state index contributed by atoms with van der Waals surface area (Å²) in [5, 5.41) is 6.76. The van der Waals surface area contributed by atoms with E-state index in [1.54, 1.807) is 24.3 Å². The summed E-state index contributed by atoms with van der Waals surface area (Å²) in [4.78, 5) is 24.5. The highest BCUT2D eigenvalue weighted by molar-refractivity contribution is 9.10. The van der Waals surface area contributed by atoms with E-state index >= 15 is 0 Å². The van der Waals surface area contributed by atoms with Gasteiger partial charge in [-0.2, -0.15) is 0 Å². The SMILES string of the molecule is COC(=O)CN[C@H](c1ccccc1)c1cc(Br)ccc1NC(=O)c1ccc(Cl)cc1. The van der Waals surface area contributed by atoms with E-state index in [1.165, 1.54) is 7.11 Å². The number of hydrogen-bond acceptors (Lipinski definition) is 4. The van der Waals surface area contributed by atoms with Gasteiger partial charge in [0.15, 0.2) is 0 Å². The molecule has 0 fully saturated rings. The summed E-state index contributed by atoms with van der Waals surface area (Å²) in [5.41, 5.74) is 2.87. The van der Waals surface area contributed by atoms with Crippen LogP contribution in [0.25, 0.3) is 0 Å². The predicted molar refractivity (Wildman–Crippen MR) is 122 cm³/mol. The lowest BCUT2D eigenvalue weighted by Gasteiger charge is -2.23. The first-order chi connectivity index (χ1) is 14.5. The van der Waals surface area contributed by atoms with E-state index in [0.29, 0.717) is 16.3 Å². The molecule has 0 spiro atoms. The van der Waals surface area contributed by atoms with Crippen molar-refractivity contribution in [3.63, 3.8) is 0 Å². The van der Waals surface area contributed by atoms with Crippen molar-refractivity contribution in [3.05, 3.63) is 99.0 Å². The number of benzene rings is 3. The van der Waals surface area contributed by atoms with E-state index in [4.69, 9.17) is 16.3 Å². The smallest absolute Gasteiger partial charge is 0.319 e. The molecule has 0 aliphatic carbocycles. The Morgan fingerprint density at radius 1 is 1.03 bits per heavy atom. The number of carbonyl (C=O) groups is 2. The molecule has 3 aromatic carbocycles. The highest BCUT2D eigenvalue weighted by Gasteiger charge is 2.20. The third-order valence-corrected chi connectivity index (χ3v) is 5.24. The number of halogens is 2. The average Bonchev–Trinajstić information content (AvgIpc) is 2.76. The number of rotatable bonds is 7. The zero-order valence-corrected chi connectivity index (χ0v) is 18.5. The molecule has 1 amide bonds. The van der Waals surface area contributed by atoms with Crippen LogP contribution < -0.4 is 10.6 Å². The highest BCUT2D eigenvalue weighted by atomic mass is 79.9. The van der Waals surface area contributed by atoms with Crippen LogP contribution in [-0.2, 0) is 9.53 Å². The van der Waals surface area contributed by atoms with Gasteiger partial charge in [-0.3, -0.25) is 14.9 Å². The molecule has 0 unspecified atom stereocenters. The van der Waals surface area contributed by atoms with E-state index < -0.39 is 0 Å². The summed E-state index contributed by atoms with van der Waals surface area (Å²) in [6.07, 6.45) is 0. The molecule has 1 atom stereocenters. The fourth-order valence-electron chi connectivity index (χ4n) is 2.99. The Balaban J connectivity index is 1.96. The van der Waals surface area contributed by atoms with E-state index in [1.807, 2.05) is 48.5 Å². The number of ether oxygens (including phenoxy) is 1. The van der Waals surface area contributed by atoms with E-state index in [-0.39, 0.29) is 24.5 Å². The number of carbonyl (C=O) groups excluding carboxylic acids is 2. The maximum atomic E-state index is 12.8. The van der Waals surface area contributed by atoms with Crippen molar-refractivity contribution in [1.29, 1.82) is 0 Å². The van der Waals surface area contributed by atoms with Crippen LogP contribution in [0.3, 0.4) is 0 Å². The number of esters is 1. The number of amides is 1. The van der Waals surface area contributed by atoms with Gasteiger partial charge in [-0.15, -0.1) is 0 Å². The first-order valence-electron chi connectivity index (χ1n) is 9.19. The molecule has 2 N–H and O–H groups in total. The molecule has 0 aliphatic rings. The van der Waals surface area contributed by atoms with Gasteiger partial charge < -0.3 is 10.1 Å². The molecular weight excluding hydrogens is 468 g/mol. The monoisotopic (exact) mass is 486 g/mol. The van der Waals surface area contributed by atoms with Crippen molar-refractivity contribution in [2.45, 2.75) is 6.04 Å². The third-order valence-electron chi connectivity index (χ3n) is 4.49. The zero-order chi connectivity index (χ0) is 21.5. The van der Waals surface area contributed by atoms with E-state index in [2.05, 4.69) is 26.6 Å². The standard InChI is InChI=1S/C23H20BrClN2O3/c1-30-21(28)14-26-22(15-5-3-2-4-6-15)19-13-17(24)9-12-20(19)27-23(29)16-7-10-18(25)11-8-16/h2-13,22,26H,14H2,1H3,(H,27,29)/t22-/m1/s1. The minimum Gasteiger partial charge on any atom is -0.468 e. The second-order valence-electron chi connectivity index (χ2n) is 6.49. The Labute approximate surface area is 188 Å². The maximum absolute atomic E-state index is 12.8. The van der Waals surface area contributed by atoms with Crippen LogP contribution in [0.15, 0.2) is 77.3 Å². The number of hydrogen-bond donors (Lipinski definition) is 2. The number of anilines is 1. The third kappa shape index (κ3) is 5.69.